The molecular weight excluding hydrogens is 482 g/mol. The zero-order chi connectivity index (χ0) is 27.9. The standard InChI is InChI=1S/C25H35N5O7/c1-12(2)20(24(35)30-21(13(3)4)25(36)37)29-23(34)18(28-22(33)16(26)10-19(31)32)9-14-11-27-17-8-6-5-7-15(14)17/h5-8,11-13,16,18,20-21,27H,9-10,26H2,1-4H3,(H,28,33)(H,29,34)(H,30,35)(H,31,32)(H,36,37). The monoisotopic (exact) mass is 517 g/mol. The van der Waals surface area contributed by atoms with Gasteiger partial charge in [-0.2, -0.15) is 0 Å². The average molecular weight is 518 g/mol. The molecule has 4 atom stereocenters. The molecule has 0 saturated carbocycles. The fourth-order valence-corrected chi connectivity index (χ4v) is 3.83. The van der Waals surface area contributed by atoms with Crippen LogP contribution in [-0.2, 0) is 30.4 Å². The summed E-state index contributed by atoms with van der Waals surface area (Å²) < 4.78 is 0. The molecule has 0 radical (unpaired) electrons. The first-order valence-electron chi connectivity index (χ1n) is 12.0. The predicted octanol–water partition coefficient (Wildman–Crippen LogP) is 0.363. The molecule has 2 aromatic rings. The van der Waals surface area contributed by atoms with E-state index in [1.165, 1.54) is 0 Å². The van der Waals surface area contributed by atoms with Gasteiger partial charge in [0.2, 0.25) is 17.7 Å². The molecule has 12 heteroatoms. The van der Waals surface area contributed by atoms with Crippen LogP contribution < -0.4 is 21.7 Å². The van der Waals surface area contributed by atoms with Crippen LogP contribution in [0.15, 0.2) is 30.5 Å². The van der Waals surface area contributed by atoms with Crippen LogP contribution in [0, 0.1) is 11.8 Å². The Morgan fingerprint density at radius 3 is 2.03 bits per heavy atom. The molecule has 0 bridgehead atoms. The smallest absolute Gasteiger partial charge is 0.326 e. The average Bonchev–Trinajstić information content (AvgIpc) is 3.21. The number of fused-ring (bicyclic) bond motifs is 1. The Kier molecular flexibility index (Phi) is 10.2. The van der Waals surface area contributed by atoms with Gasteiger partial charge in [0.15, 0.2) is 0 Å². The van der Waals surface area contributed by atoms with E-state index in [1.807, 2.05) is 24.3 Å². The molecule has 1 aromatic carbocycles. The second-order valence-corrected chi connectivity index (χ2v) is 9.63. The number of nitrogens with one attached hydrogen (secondary N) is 4. The molecule has 8 N–H and O–H groups in total. The Morgan fingerprint density at radius 1 is 0.865 bits per heavy atom. The maximum Gasteiger partial charge on any atom is 0.326 e. The number of hydrogen-bond acceptors (Lipinski definition) is 6. The Morgan fingerprint density at radius 2 is 1.46 bits per heavy atom. The molecule has 0 aliphatic carbocycles. The highest BCUT2D eigenvalue weighted by Gasteiger charge is 2.33. The summed E-state index contributed by atoms with van der Waals surface area (Å²) in [5.74, 6) is -5.49. The summed E-state index contributed by atoms with van der Waals surface area (Å²) in [5, 5.41) is 26.8. The quantitative estimate of drug-likeness (QED) is 0.197. The molecule has 3 amide bonds. The molecule has 12 nitrogen and oxygen atoms in total. The number of carboxylic acids is 2. The zero-order valence-corrected chi connectivity index (χ0v) is 21.3. The van der Waals surface area contributed by atoms with Crippen LogP contribution in [-0.4, -0.2) is 69.0 Å². The Labute approximate surface area is 214 Å². The van der Waals surface area contributed by atoms with Crippen LogP contribution in [0.1, 0.15) is 39.7 Å². The van der Waals surface area contributed by atoms with Crippen LogP contribution >= 0.6 is 0 Å². The van der Waals surface area contributed by atoms with Crippen LogP contribution in [0.4, 0.5) is 0 Å². The van der Waals surface area contributed by atoms with Gasteiger partial charge in [-0.05, 0) is 23.5 Å². The van der Waals surface area contributed by atoms with Crippen molar-refractivity contribution in [2.45, 2.75) is 64.7 Å². The van der Waals surface area contributed by atoms with E-state index in [-0.39, 0.29) is 6.42 Å². The molecule has 0 saturated heterocycles. The number of aliphatic carboxylic acids is 2. The fraction of sp³-hybridized carbons (Fsp3) is 0.480. The molecule has 0 spiro atoms. The van der Waals surface area contributed by atoms with E-state index < -0.39 is 72.1 Å². The minimum atomic E-state index is -1.39. The summed E-state index contributed by atoms with van der Waals surface area (Å²) in [7, 11) is 0. The first-order chi connectivity index (χ1) is 17.3. The van der Waals surface area contributed by atoms with Crippen molar-refractivity contribution in [2.75, 3.05) is 0 Å². The van der Waals surface area contributed by atoms with Gasteiger partial charge in [0.05, 0.1) is 12.5 Å². The molecule has 202 valence electrons. The fourth-order valence-electron chi connectivity index (χ4n) is 3.83. The van der Waals surface area contributed by atoms with Crippen molar-refractivity contribution in [3.8, 4) is 0 Å². The Balaban J connectivity index is 2.30. The van der Waals surface area contributed by atoms with Crippen LogP contribution in [0.25, 0.3) is 10.9 Å². The molecule has 0 aliphatic rings. The summed E-state index contributed by atoms with van der Waals surface area (Å²) in [4.78, 5) is 64.5. The number of H-pyrrole nitrogens is 1. The van der Waals surface area contributed by atoms with Gasteiger partial charge in [0.1, 0.15) is 18.1 Å². The van der Waals surface area contributed by atoms with Gasteiger partial charge in [-0.15, -0.1) is 0 Å². The second-order valence-electron chi connectivity index (χ2n) is 9.63. The highest BCUT2D eigenvalue weighted by atomic mass is 16.4. The number of amides is 3. The number of benzene rings is 1. The van der Waals surface area contributed by atoms with Gasteiger partial charge in [0.25, 0.3) is 0 Å². The molecule has 0 aliphatic heterocycles. The van der Waals surface area contributed by atoms with Crippen molar-refractivity contribution in [3.63, 3.8) is 0 Å². The molecule has 2 rings (SSSR count). The maximum absolute atomic E-state index is 13.4. The highest BCUT2D eigenvalue weighted by Crippen LogP contribution is 2.19. The second kappa shape index (κ2) is 12.9. The summed E-state index contributed by atoms with van der Waals surface area (Å²) in [6, 6.07) is 2.53. The molecule has 1 aromatic heterocycles. The van der Waals surface area contributed by atoms with Gasteiger partial charge < -0.3 is 36.9 Å². The molecule has 1 heterocycles. The van der Waals surface area contributed by atoms with E-state index in [0.29, 0.717) is 5.56 Å². The van der Waals surface area contributed by atoms with Crippen molar-refractivity contribution in [2.24, 2.45) is 17.6 Å². The van der Waals surface area contributed by atoms with Gasteiger partial charge >= 0.3 is 11.9 Å². The van der Waals surface area contributed by atoms with Gasteiger partial charge in [-0.1, -0.05) is 45.9 Å². The van der Waals surface area contributed by atoms with Crippen LogP contribution in [0.5, 0.6) is 0 Å². The number of carbonyl (C=O) groups excluding carboxylic acids is 3. The molecule has 4 unspecified atom stereocenters. The number of hydrogen-bond donors (Lipinski definition) is 7. The van der Waals surface area contributed by atoms with Crippen molar-refractivity contribution < 1.29 is 34.2 Å². The third-order valence-corrected chi connectivity index (χ3v) is 5.94. The van der Waals surface area contributed by atoms with Crippen molar-refractivity contribution in [3.05, 3.63) is 36.0 Å². The number of nitrogens with two attached hydrogens (primary N) is 1. The minimum Gasteiger partial charge on any atom is -0.481 e. The highest BCUT2D eigenvalue weighted by molar-refractivity contribution is 5.95. The Hall–Kier alpha value is -3.93. The topological polar surface area (TPSA) is 204 Å². The zero-order valence-electron chi connectivity index (χ0n) is 21.3. The van der Waals surface area contributed by atoms with Crippen molar-refractivity contribution in [1.82, 2.24) is 20.9 Å². The van der Waals surface area contributed by atoms with Crippen LogP contribution in [0.3, 0.4) is 0 Å². The molecule has 0 fully saturated rings. The lowest BCUT2D eigenvalue weighted by Gasteiger charge is -2.27. The van der Waals surface area contributed by atoms with Gasteiger partial charge in [0, 0.05) is 23.5 Å². The van der Waals surface area contributed by atoms with Gasteiger partial charge in [-0.25, -0.2) is 4.79 Å². The number of rotatable bonds is 13. The lowest BCUT2D eigenvalue weighted by molar-refractivity contribution is -0.143. The Bertz CT molecular complexity index is 1140. The number of carboxylic acid groups (broad SMARTS) is 2. The maximum atomic E-state index is 13.4. The normalized spacial score (nSPS) is 14.6. The van der Waals surface area contributed by atoms with Crippen LogP contribution in [0.2, 0.25) is 0 Å². The molecule has 37 heavy (non-hydrogen) atoms. The van der Waals surface area contributed by atoms with E-state index >= 15 is 0 Å². The minimum absolute atomic E-state index is 0.0254. The lowest BCUT2D eigenvalue weighted by Crippen LogP contribution is -2.59. The SMILES string of the molecule is CC(C)C(NC(=O)C(NC(=O)C(Cc1c[nH]c2ccccc12)NC(=O)C(N)CC(=O)O)C(C)C)C(=O)O. The summed E-state index contributed by atoms with van der Waals surface area (Å²) in [6.07, 6.45) is 1.09. The van der Waals surface area contributed by atoms with E-state index in [4.69, 9.17) is 10.8 Å². The number of aromatic amines is 1. The van der Waals surface area contributed by atoms with Gasteiger partial charge in [-0.3, -0.25) is 19.2 Å². The first kappa shape index (κ1) is 29.3. The van der Waals surface area contributed by atoms with E-state index in [9.17, 15) is 29.1 Å². The number of para-hydroxylation sites is 1. The van der Waals surface area contributed by atoms with E-state index in [1.54, 1.807) is 33.9 Å². The van der Waals surface area contributed by atoms with Crippen molar-refractivity contribution >= 4 is 40.6 Å². The summed E-state index contributed by atoms with van der Waals surface area (Å²) in [6.45, 7) is 6.67. The number of aromatic nitrogens is 1. The third kappa shape index (κ3) is 8.04. The lowest BCUT2D eigenvalue weighted by atomic mass is 9.99. The summed E-state index contributed by atoms with van der Waals surface area (Å²) in [5.41, 5.74) is 7.21. The summed E-state index contributed by atoms with van der Waals surface area (Å²) >= 11 is 0. The predicted molar refractivity (Wildman–Crippen MR) is 135 cm³/mol. The van der Waals surface area contributed by atoms with E-state index in [2.05, 4.69) is 20.9 Å². The number of carbonyl (C=O) groups is 5. The third-order valence-electron chi connectivity index (χ3n) is 5.94. The largest absolute Gasteiger partial charge is 0.481 e. The van der Waals surface area contributed by atoms with Crippen molar-refractivity contribution in [1.29, 1.82) is 0 Å². The van der Waals surface area contributed by atoms with E-state index in [0.717, 1.165) is 10.9 Å². The first-order valence-corrected chi connectivity index (χ1v) is 12.0. The molecular formula is C25H35N5O7.